The predicted molar refractivity (Wildman–Crippen MR) is 117 cm³/mol. The van der Waals surface area contributed by atoms with E-state index in [1.807, 2.05) is 5.32 Å². The highest BCUT2D eigenvalue weighted by Crippen LogP contribution is 2.05. The summed E-state index contributed by atoms with van der Waals surface area (Å²) in [5.74, 6) is -8.22. The van der Waals surface area contributed by atoms with Crippen LogP contribution in [0.3, 0.4) is 0 Å². The summed E-state index contributed by atoms with van der Waals surface area (Å²) in [4.78, 5) is 81.8. The molecule has 0 aliphatic rings. The lowest BCUT2D eigenvalue weighted by atomic mass is 10.1. The number of carbonyl (C=O) groups excluding carboxylic acids is 4. The molecule has 0 spiro atoms. The van der Waals surface area contributed by atoms with Gasteiger partial charge in [-0.25, -0.2) is 4.79 Å². The zero-order valence-corrected chi connectivity index (χ0v) is 18.9. The number of nitrogens with one attached hydrogen (secondary N) is 3. The zero-order valence-electron chi connectivity index (χ0n) is 18.9. The van der Waals surface area contributed by atoms with Crippen LogP contribution in [0.5, 0.6) is 0 Å². The third-order valence-electron chi connectivity index (χ3n) is 4.61. The molecule has 0 aromatic rings. The van der Waals surface area contributed by atoms with E-state index < -0.39 is 91.4 Å². The highest BCUT2D eigenvalue weighted by Gasteiger charge is 2.31. The van der Waals surface area contributed by atoms with Gasteiger partial charge < -0.3 is 48.5 Å². The van der Waals surface area contributed by atoms with E-state index >= 15 is 0 Å². The number of carboxylic acids is 3. The number of hydrogen-bond donors (Lipinski definition) is 9. The molecule has 0 aromatic heterocycles. The molecular weight excluding hydrogens is 472 g/mol. The van der Waals surface area contributed by atoms with Crippen molar-refractivity contribution in [3.8, 4) is 0 Å². The Morgan fingerprint density at radius 1 is 0.686 bits per heavy atom. The van der Waals surface area contributed by atoms with Crippen LogP contribution in [-0.4, -0.2) is 87.6 Å². The number of rotatable bonds is 18. The van der Waals surface area contributed by atoms with Crippen LogP contribution in [0.1, 0.15) is 44.9 Å². The molecule has 0 radical (unpaired) electrons. The number of carboxylic acid groups (broad SMARTS) is 3. The Kier molecular flexibility index (Phi) is 14.2. The Hall–Kier alpha value is -3.79. The third kappa shape index (κ3) is 13.5. The van der Waals surface area contributed by atoms with Crippen molar-refractivity contribution in [2.24, 2.45) is 17.2 Å². The first-order valence-corrected chi connectivity index (χ1v) is 10.6. The van der Waals surface area contributed by atoms with E-state index in [2.05, 4.69) is 10.6 Å². The largest absolute Gasteiger partial charge is 0.481 e. The number of primary amides is 1. The average Bonchev–Trinajstić information content (AvgIpc) is 2.73. The Morgan fingerprint density at radius 3 is 1.71 bits per heavy atom. The van der Waals surface area contributed by atoms with E-state index in [4.69, 9.17) is 27.4 Å². The number of carbonyl (C=O) groups is 7. The molecular formula is C19H32N6O10. The van der Waals surface area contributed by atoms with Crippen LogP contribution in [0.25, 0.3) is 0 Å². The Morgan fingerprint density at radius 2 is 1.23 bits per heavy atom. The molecule has 0 aromatic carbocycles. The molecule has 4 unspecified atom stereocenters. The molecule has 4 atom stereocenters. The van der Waals surface area contributed by atoms with Crippen LogP contribution >= 0.6 is 0 Å². The van der Waals surface area contributed by atoms with Crippen molar-refractivity contribution in [3.63, 3.8) is 0 Å². The number of aliphatic carboxylic acids is 3. The van der Waals surface area contributed by atoms with Crippen molar-refractivity contribution >= 4 is 41.5 Å². The summed E-state index contributed by atoms with van der Waals surface area (Å²) in [5, 5.41) is 33.2. The maximum Gasteiger partial charge on any atom is 0.326 e. The number of unbranched alkanes of at least 4 members (excludes halogenated alkanes) is 1. The minimum absolute atomic E-state index is 0.0236. The summed E-state index contributed by atoms with van der Waals surface area (Å²) in [5.41, 5.74) is 16.0. The summed E-state index contributed by atoms with van der Waals surface area (Å²) in [6.45, 7) is 0.278. The van der Waals surface area contributed by atoms with Gasteiger partial charge in [0.15, 0.2) is 0 Å². The first-order valence-electron chi connectivity index (χ1n) is 10.6. The smallest absolute Gasteiger partial charge is 0.326 e. The van der Waals surface area contributed by atoms with Crippen LogP contribution in [0.4, 0.5) is 0 Å². The molecule has 0 saturated heterocycles. The Labute approximate surface area is 199 Å². The first kappa shape index (κ1) is 31.2. The fraction of sp³-hybridized carbons (Fsp3) is 0.632. The molecule has 0 bridgehead atoms. The van der Waals surface area contributed by atoms with Gasteiger partial charge in [0.2, 0.25) is 23.6 Å². The number of nitrogens with two attached hydrogens (primary N) is 3. The van der Waals surface area contributed by atoms with Gasteiger partial charge in [-0.2, -0.15) is 0 Å². The topological polar surface area (TPSA) is 294 Å². The number of hydrogen-bond acceptors (Lipinski definition) is 9. The monoisotopic (exact) mass is 504 g/mol. The Balaban J connectivity index is 5.54. The van der Waals surface area contributed by atoms with E-state index in [1.54, 1.807) is 0 Å². The van der Waals surface area contributed by atoms with Gasteiger partial charge in [-0.05, 0) is 32.2 Å². The molecule has 0 aliphatic carbocycles. The SMILES string of the molecule is NCCCCC(NC(=O)C(N)CC(=O)O)C(=O)NC(CC(N)=O)C(=O)NC(CCC(=O)O)C(=O)O. The summed E-state index contributed by atoms with van der Waals surface area (Å²) < 4.78 is 0. The molecule has 16 nitrogen and oxygen atoms in total. The van der Waals surface area contributed by atoms with Crippen LogP contribution < -0.4 is 33.2 Å². The fourth-order valence-electron chi connectivity index (χ4n) is 2.80. The molecule has 0 saturated carbocycles. The number of amides is 4. The average molecular weight is 504 g/mol. The normalized spacial score (nSPS) is 14.0. The van der Waals surface area contributed by atoms with E-state index in [1.165, 1.54) is 0 Å². The molecule has 12 N–H and O–H groups in total. The van der Waals surface area contributed by atoms with E-state index in [-0.39, 0.29) is 13.0 Å². The summed E-state index contributed by atoms with van der Waals surface area (Å²) >= 11 is 0. The lowest BCUT2D eigenvalue weighted by Gasteiger charge is -2.24. The van der Waals surface area contributed by atoms with Gasteiger partial charge in [-0.3, -0.25) is 28.8 Å². The molecule has 4 amide bonds. The predicted octanol–water partition coefficient (Wildman–Crippen LogP) is -3.80. The van der Waals surface area contributed by atoms with Gasteiger partial charge >= 0.3 is 17.9 Å². The van der Waals surface area contributed by atoms with Gasteiger partial charge in [-0.1, -0.05) is 0 Å². The van der Waals surface area contributed by atoms with Crippen molar-refractivity contribution in [2.45, 2.75) is 69.1 Å². The fourth-order valence-corrected chi connectivity index (χ4v) is 2.80. The van der Waals surface area contributed by atoms with E-state index in [0.717, 1.165) is 0 Å². The maximum absolute atomic E-state index is 12.8. The molecule has 0 rings (SSSR count). The zero-order chi connectivity index (χ0) is 27.1. The van der Waals surface area contributed by atoms with E-state index in [0.29, 0.717) is 12.8 Å². The second-order valence-corrected chi connectivity index (χ2v) is 7.61. The van der Waals surface area contributed by atoms with Gasteiger partial charge in [0, 0.05) is 6.42 Å². The van der Waals surface area contributed by atoms with Crippen LogP contribution in [0.15, 0.2) is 0 Å². The second kappa shape index (κ2) is 15.9. The molecule has 198 valence electrons. The lowest BCUT2D eigenvalue weighted by molar-refractivity contribution is -0.143. The van der Waals surface area contributed by atoms with Gasteiger partial charge in [0.1, 0.15) is 18.1 Å². The quantitative estimate of drug-likeness (QED) is 0.0812. The van der Waals surface area contributed by atoms with Crippen molar-refractivity contribution < 1.29 is 48.9 Å². The van der Waals surface area contributed by atoms with Crippen molar-refractivity contribution in [1.82, 2.24) is 16.0 Å². The molecule has 0 fully saturated rings. The third-order valence-corrected chi connectivity index (χ3v) is 4.61. The van der Waals surface area contributed by atoms with Gasteiger partial charge in [0.05, 0.1) is 18.9 Å². The summed E-state index contributed by atoms with van der Waals surface area (Å²) in [7, 11) is 0. The van der Waals surface area contributed by atoms with Gasteiger partial charge in [0.25, 0.3) is 0 Å². The molecule has 35 heavy (non-hydrogen) atoms. The highest BCUT2D eigenvalue weighted by atomic mass is 16.4. The van der Waals surface area contributed by atoms with Crippen molar-refractivity contribution in [3.05, 3.63) is 0 Å². The molecule has 0 heterocycles. The highest BCUT2D eigenvalue weighted by molar-refractivity contribution is 5.96. The minimum Gasteiger partial charge on any atom is -0.481 e. The second-order valence-electron chi connectivity index (χ2n) is 7.61. The summed E-state index contributed by atoms with van der Waals surface area (Å²) in [6.07, 6.45) is -1.63. The minimum atomic E-state index is -1.65. The van der Waals surface area contributed by atoms with E-state index in [9.17, 15) is 38.7 Å². The van der Waals surface area contributed by atoms with Crippen molar-refractivity contribution in [2.75, 3.05) is 6.54 Å². The molecule has 16 heteroatoms. The van der Waals surface area contributed by atoms with Crippen molar-refractivity contribution in [1.29, 1.82) is 0 Å². The van der Waals surface area contributed by atoms with Gasteiger partial charge in [-0.15, -0.1) is 0 Å². The Bertz CT molecular complexity index is 805. The first-order chi connectivity index (χ1) is 16.3. The standard InChI is InChI=1S/C19H32N6O10/c20-6-2-1-3-10(23-16(31)9(21)7-15(29)30)17(32)25-12(8-13(22)26)18(33)24-11(19(34)35)4-5-14(27)28/h9-12H,1-8,20-21H2,(H2,22,26)(H,23,31)(H,24,33)(H,25,32)(H,27,28)(H,29,30)(H,34,35). The van der Waals surface area contributed by atoms with Crippen LogP contribution in [-0.2, 0) is 33.6 Å². The van der Waals surface area contributed by atoms with Crippen LogP contribution in [0, 0.1) is 0 Å². The maximum atomic E-state index is 12.8. The lowest BCUT2D eigenvalue weighted by Crippen LogP contribution is -2.57. The molecule has 0 aliphatic heterocycles. The van der Waals surface area contributed by atoms with Crippen LogP contribution in [0.2, 0.25) is 0 Å². The summed E-state index contributed by atoms with van der Waals surface area (Å²) in [6, 6.07) is -6.03.